The number of likely N-dealkylation sites (tertiary alicyclic amines) is 1. The van der Waals surface area contributed by atoms with Gasteiger partial charge in [0.05, 0.1) is 19.2 Å². The smallest absolute Gasteiger partial charge is 0.271 e. The zero-order chi connectivity index (χ0) is 19.4. The number of rotatable bonds is 6. The predicted molar refractivity (Wildman–Crippen MR) is 107 cm³/mol. The fraction of sp³-hybridized carbons (Fsp3) is 0.421. The van der Waals surface area contributed by atoms with Gasteiger partial charge in [-0.15, -0.1) is 11.3 Å². The van der Waals surface area contributed by atoms with E-state index in [4.69, 9.17) is 4.74 Å². The first kappa shape index (κ1) is 19.7. The van der Waals surface area contributed by atoms with Gasteiger partial charge in [0.1, 0.15) is 9.96 Å². The molecule has 3 rings (SSSR count). The van der Waals surface area contributed by atoms with E-state index in [1.807, 2.05) is 17.9 Å². The third-order valence-corrected chi connectivity index (χ3v) is 7.48. The van der Waals surface area contributed by atoms with E-state index in [2.05, 4.69) is 4.72 Å². The monoisotopic (exact) mass is 408 g/mol. The number of hydrogen-bond donors (Lipinski definition) is 1. The van der Waals surface area contributed by atoms with Crippen molar-refractivity contribution in [3.63, 3.8) is 0 Å². The van der Waals surface area contributed by atoms with Crippen LogP contribution < -0.4 is 9.46 Å². The number of hydrogen-bond acceptors (Lipinski definition) is 5. The molecular formula is C19H24N2O4S2. The number of ether oxygens (including phenoxy) is 1. The number of anilines is 1. The zero-order valence-corrected chi connectivity index (χ0v) is 17.2. The molecule has 0 bridgehead atoms. The summed E-state index contributed by atoms with van der Waals surface area (Å²) in [6, 6.07) is 8.57. The molecular weight excluding hydrogens is 384 g/mol. The fourth-order valence-electron chi connectivity index (χ4n) is 3.10. The summed E-state index contributed by atoms with van der Waals surface area (Å²) in [6.45, 7) is 3.47. The molecule has 1 amide bonds. The summed E-state index contributed by atoms with van der Waals surface area (Å²) < 4.78 is 33.5. The highest BCUT2D eigenvalue weighted by molar-refractivity contribution is 7.94. The number of benzene rings is 1. The number of sulfonamides is 1. The molecule has 0 atom stereocenters. The fourth-order valence-corrected chi connectivity index (χ4v) is 5.51. The molecule has 0 saturated carbocycles. The zero-order valence-electron chi connectivity index (χ0n) is 15.5. The molecule has 0 spiro atoms. The summed E-state index contributed by atoms with van der Waals surface area (Å²) in [7, 11) is -2.24. The van der Waals surface area contributed by atoms with E-state index in [1.165, 1.54) is 13.5 Å². The lowest BCUT2D eigenvalue weighted by molar-refractivity contribution is -0.131. The molecule has 1 fully saturated rings. The summed E-state index contributed by atoms with van der Waals surface area (Å²) in [6.07, 6.45) is 3.49. The minimum atomic E-state index is -3.74. The maximum absolute atomic E-state index is 12.7. The van der Waals surface area contributed by atoms with Crippen molar-refractivity contribution in [2.24, 2.45) is 0 Å². The largest absolute Gasteiger partial charge is 0.495 e. The van der Waals surface area contributed by atoms with Gasteiger partial charge < -0.3 is 9.64 Å². The van der Waals surface area contributed by atoms with E-state index in [9.17, 15) is 13.2 Å². The van der Waals surface area contributed by atoms with Gasteiger partial charge in [0.15, 0.2) is 0 Å². The van der Waals surface area contributed by atoms with Crippen molar-refractivity contribution in [3.8, 4) is 5.75 Å². The third kappa shape index (κ3) is 4.81. The maximum Gasteiger partial charge on any atom is 0.271 e. The summed E-state index contributed by atoms with van der Waals surface area (Å²) >= 11 is 1.13. The molecule has 0 unspecified atom stereocenters. The minimum Gasteiger partial charge on any atom is -0.495 e. The Bertz CT molecular complexity index is 916. The standard InChI is InChI=1S/C19H24N2O4S2/c1-14-6-8-17(25-2)16(12-14)20-27(23,24)19-9-7-15(26-19)13-18(22)21-10-4-3-5-11-21/h6-9,12,20H,3-5,10-11,13H2,1-2H3. The van der Waals surface area contributed by atoms with Crippen LogP contribution >= 0.6 is 11.3 Å². The first-order valence-corrected chi connectivity index (χ1v) is 11.2. The van der Waals surface area contributed by atoms with Crippen LogP contribution in [0.1, 0.15) is 29.7 Å². The minimum absolute atomic E-state index is 0.0637. The Morgan fingerprint density at radius 1 is 1.19 bits per heavy atom. The number of piperidine rings is 1. The Balaban J connectivity index is 1.73. The van der Waals surface area contributed by atoms with Crippen LogP contribution in [0.2, 0.25) is 0 Å². The van der Waals surface area contributed by atoms with Crippen LogP contribution in [0.3, 0.4) is 0 Å². The molecule has 146 valence electrons. The molecule has 1 aromatic carbocycles. The molecule has 0 radical (unpaired) electrons. The van der Waals surface area contributed by atoms with Gasteiger partial charge >= 0.3 is 0 Å². The van der Waals surface area contributed by atoms with Crippen molar-refractivity contribution in [1.29, 1.82) is 0 Å². The van der Waals surface area contributed by atoms with Crippen LogP contribution in [0.25, 0.3) is 0 Å². The van der Waals surface area contributed by atoms with Gasteiger partial charge in [-0.2, -0.15) is 0 Å². The van der Waals surface area contributed by atoms with Crippen molar-refractivity contribution >= 4 is 33.0 Å². The van der Waals surface area contributed by atoms with Crippen molar-refractivity contribution in [1.82, 2.24) is 4.90 Å². The van der Waals surface area contributed by atoms with Gasteiger partial charge in [0.25, 0.3) is 10.0 Å². The normalized spacial score (nSPS) is 14.8. The molecule has 1 N–H and O–H groups in total. The van der Waals surface area contributed by atoms with Crippen LogP contribution in [0.4, 0.5) is 5.69 Å². The highest BCUT2D eigenvalue weighted by Gasteiger charge is 2.22. The van der Waals surface area contributed by atoms with E-state index in [-0.39, 0.29) is 16.5 Å². The van der Waals surface area contributed by atoms with E-state index in [0.29, 0.717) is 11.4 Å². The summed E-state index contributed by atoms with van der Waals surface area (Å²) in [5.74, 6) is 0.523. The lowest BCUT2D eigenvalue weighted by Crippen LogP contribution is -2.36. The Kier molecular flexibility index (Phi) is 6.06. The number of methoxy groups -OCH3 is 1. The third-order valence-electron chi connectivity index (χ3n) is 4.54. The molecule has 1 aromatic heterocycles. The molecule has 1 aliphatic heterocycles. The molecule has 2 heterocycles. The maximum atomic E-state index is 12.7. The van der Waals surface area contributed by atoms with Gasteiger partial charge in [-0.25, -0.2) is 8.42 Å². The number of nitrogens with one attached hydrogen (secondary N) is 1. The average Bonchev–Trinajstić information content (AvgIpc) is 3.12. The van der Waals surface area contributed by atoms with Crippen LogP contribution in [0.5, 0.6) is 5.75 Å². The van der Waals surface area contributed by atoms with Crippen LogP contribution in [0, 0.1) is 6.92 Å². The average molecular weight is 409 g/mol. The number of aryl methyl sites for hydroxylation is 1. The molecule has 2 aromatic rings. The van der Waals surface area contributed by atoms with E-state index >= 15 is 0 Å². The Hall–Kier alpha value is -2.06. The van der Waals surface area contributed by atoms with Gasteiger partial charge in [-0.1, -0.05) is 6.07 Å². The summed E-state index contributed by atoms with van der Waals surface area (Å²) in [5.41, 5.74) is 1.32. The van der Waals surface area contributed by atoms with Gasteiger partial charge in [-0.05, 0) is 56.0 Å². The highest BCUT2D eigenvalue weighted by Crippen LogP contribution is 2.30. The lowest BCUT2D eigenvalue weighted by atomic mass is 10.1. The second-order valence-electron chi connectivity index (χ2n) is 6.65. The highest BCUT2D eigenvalue weighted by atomic mass is 32.2. The number of thiophene rings is 1. The first-order valence-electron chi connectivity index (χ1n) is 8.93. The summed E-state index contributed by atoms with van der Waals surface area (Å²) in [4.78, 5) is 15.0. The number of amides is 1. The molecule has 27 heavy (non-hydrogen) atoms. The van der Waals surface area contributed by atoms with Crippen molar-refractivity contribution < 1.29 is 17.9 Å². The quantitative estimate of drug-likeness (QED) is 0.795. The topological polar surface area (TPSA) is 75.7 Å². The lowest BCUT2D eigenvalue weighted by Gasteiger charge is -2.26. The Morgan fingerprint density at radius 2 is 1.93 bits per heavy atom. The molecule has 1 saturated heterocycles. The van der Waals surface area contributed by atoms with Crippen LogP contribution in [0.15, 0.2) is 34.5 Å². The Morgan fingerprint density at radius 3 is 2.63 bits per heavy atom. The Labute approximate surface area is 164 Å². The number of carbonyl (C=O) groups excluding carboxylic acids is 1. The number of carbonyl (C=O) groups is 1. The second-order valence-corrected chi connectivity index (χ2v) is 9.73. The van der Waals surface area contributed by atoms with Crippen molar-refractivity contribution in [2.75, 3.05) is 24.9 Å². The second kappa shape index (κ2) is 8.31. The van der Waals surface area contributed by atoms with Crippen LogP contribution in [-0.4, -0.2) is 39.4 Å². The van der Waals surface area contributed by atoms with Crippen LogP contribution in [-0.2, 0) is 21.2 Å². The first-order chi connectivity index (χ1) is 12.9. The van der Waals surface area contributed by atoms with E-state index < -0.39 is 10.0 Å². The summed E-state index contributed by atoms with van der Waals surface area (Å²) in [5, 5.41) is 0. The van der Waals surface area contributed by atoms with E-state index in [1.54, 1.807) is 24.3 Å². The molecule has 1 aliphatic rings. The SMILES string of the molecule is COc1ccc(C)cc1NS(=O)(=O)c1ccc(CC(=O)N2CCCCC2)s1. The van der Waals surface area contributed by atoms with Gasteiger partial charge in [-0.3, -0.25) is 9.52 Å². The molecule has 6 nitrogen and oxygen atoms in total. The predicted octanol–water partition coefficient (Wildman–Crippen LogP) is 3.42. The number of nitrogens with zero attached hydrogens (tertiary/aromatic N) is 1. The van der Waals surface area contributed by atoms with Crippen molar-refractivity contribution in [2.45, 2.75) is 36.8 Å². The van der Waals surface area contributed by atoms with Crippen molar-refractivity contribution in [3.05, 3.63) is 40.8 Å². The van der Waals surface area contributed by atoms with E-state index in [0.717, 1.165) is 47.7 Å². The molecule has 0 aliphatic carbocycles. The van der Waals surface area contributed by atoms with Gasteiger partial charge in [0, 0.05) is 18.0 Å². The molecule has 8 heteroatoms. The van der Waals surface area contributed by atoms with Gasteiger partial charge in [0.2, 0.25) is 5.91 Å².